The van der Waals surface area contributed by atoms with Crippen LogP contribution in [0.25, 0.3) is 43.8 Å². The summed E-state index contributed by atoms with van der Waals surface area (Å²) < 4.78 is 3.20. The molecule has 0 radical (unpaired) electrons. The number of benzene rings is 2. The standard InChI is InChI=1S/2C21H19N7/c2*1-13-3-5-24-11-17(13)15-7-16-9-21(25-12-18(16)19(23)8-15)26-20-4-6-28(27-20)14(2)10-22/h2*3-9,11-12,14H,23H2,1-2H3,(H,25,26,27)/t2*14-/m10/s1. The zero-order chi connectivity index (χ0) is 39.3. The molecule has 0 aliphatic rings. The molecular formula is C42H38N14. The van der Waals surface area contributed by atoms with E-state index in [1.54, 1.807) is 60.4 Å². The quantitative estimate of drug-likeness (QED) is 0.108. The number of pyridine rings is 4. The summed E-state index contributed by atoms with van der Waals surface area (Å²) in [7, 11) is 0. The van der Waals surface area contributed by atoms with Crippen LogP contribution in [-0.4, -0.2) is 39.5 Å². The van der Waals surface area contributed by atoms with Crippen molar-refractivity contribution in [2.45, 2.75) is 39.8 Å². The minimum absolute atomic E-state index is 0.329. The van der Waals surface area contributed by atoms with Crippen LogP contribution in [0.2, 0.25) is 0 Å². The van der Waals surface area contributed by atoms with E-state index in [-0.39, 0.29) is 12.1 Å². The van der Waals surface area contributed by atoms with Crippen LogP contribution in [0.1, 0.15) is 37.1 Å². The Labute approximate surface area is 323 Å². The Bertz CT molecular complexity index is 2600. The van der Waals surface area contributed by atoms with Gasteiger partial charge in [0.05, 0.1) is 12.1 Å². The molecule has 0 aliphatic carbocycles. The molecule has 6 N–H and O–H groups in total. The molecule has 0 saturated heterocycles. The number of nitrogen functional groups attached to an aromatic ring is 2. The van der Waals surface area contributed by atoms with Crippen molar-refractivity contribution in [3.63, 3.8) is 0 Å². The van der Waals surface area contributed by atoms with E-state index in [2.05, 4.69) is 78.9 Å². The number of nitrogens with two attached hydrogens (primary N) is 2. The summed E-state index contributed by atoms with van der Waals surface area (Å²) in [6.45, 7) is 7.68. The fourth-order valence-electron chi connectivity index (χ4n) is 6.17. The van der Waals surface area contributed by atoms with E-state index in [0.717, 1.165) is 54.9 Å². The maximum absolute atomic E-state index is 9.01. The lowest BCUT2D eigenvalue weighted by Crippen LogP contribution is -2.04. The largest absolute Gasteiger partial charge is 0.398 e. The molecule has 0 spiro atoms. The maximum Gasteiger partial charge on any atom is 0.153 e. The molecule has 8 rings (SSSR count). The number of nitrogens with one attached hydrogen (secondary N) is 2. The van der Waals surface area contributed by atoms with E-state index in [1.165, 1.54) is 0 Å². The van der Waals surface area contributed by atoms with Crippen molar-refractivity contribution < 1.29 is 0 Å². The van der Waals surface area contributed by atoms with Crippen molar-refractivity contribution in [2.75, 3.05) is 22.1 Å². The first-order valence-electron chi connectivity index (χ1n) is 17.7. The lowest BCUT2D eigenvalue weighted by Gasteiger charge is -2.10. The summed E-state index contributed by atoms with van der Waals surface area (Å²) in [4.78, 5) is 17.3. The van der Waals surface area contributed by atoms with Gasteiger partial charge in [0.15, 0.2) is 11.6 Å². The van der Waals surface area contributed by atoms with Crippen LogP contribution < -0.4 is 22.1 Å². The highest BCUT2D eigenvalue weighted by Crippen LogP contribution is 2.33. The topological polar surface area (TPSA) is 211 Å². The first kappa shape index (κ1) is 36.5. The minimum Gasteiger partial charge on any atom is -0.398 e. The second-order valence-electron chi connectivity index (χ2n) is 13.3. The molecule has 276 valence electrons. The Balaban J connectivity index is 0.000000172. The number of nitriles is 2. The van der Waals surface area contributed by atoms with Crippen LogP contribution >= 0.6 is 0 Å². The molecule has 0 amide bonds. The van der Waals surface area contributed by atoms with Crippen molar-refractivity contribution in [3.05, 3.63) is 121 Å². The SMILES string of the molecule is Cc1ccncc1-c1cc(N)c2cnc(Nc3ccn([C@@H](C)C#N)n3)cc2c1.Cc1ccncc1-c1cc(N)c2cnc(Nc3ccn([C@H](C)C#N)n3)cc2c1. The smallest absolute Gasteiger partial charge is 0.153 e. The molecule has 0 saturated carbocycles. The Morgan fingerprint density at radius 3 is 1.41 bits per heavy atom. The van der Waals surface area contributed by atoms with Gasteiger partial charge in [0, 0.05) is 95.0 Å². The second kappa shape index (κ2) is 15.6. The van der Waals surface area contributed by atoms with Gasteiger partial charge >= 0.3 is 0 Å². The molecule has 8 aromatic rings. The van der Waals surface area contributed by atoms with E-state index in [9.17, 15) is 0 Å². The molecule has 56 heavy (non-hydrogen) atoms. The summed E-state index contributed by atoms with van der Waals surface area (Å²) >= 11 is 0. The van der Waals surface area contributed by atoms with Gasteiger partial charge in [-0.25, -0.2) is 9.97 Å². The highest BCUT2D eigenvalue weighted by atomic mass is 15.3. The number of hydrogen-bond donors (Lipinski definition) is 4. The lowest BCUT2D eigenvalue weighted by molar-refractivity contribution is 0.593. The molecule has 0 unspecified atom stereocenters. The van der Waals surface area contributed by atoms with Gasteiger partial charge in [-0.2, -0.15) is 20.7 Å². The van der Waals surface area contributed by atoms with Gasteiger partial charge in [-0.05, 0) is 109 Å². The van der Waals surface area contributed by atoms with E-state index in [1.807, 2.05) is 60.9 Å². The third-order valence-corrected chi connectivity index (χ3v) is 9.33. The number of aryl methyl sites for hydroxylation is 2. The Hall–Kier alpha value is -7.84. The number of nitrogens with zero attached hydrogens (tertiary/aromatic N) is 10. The molecule has 2 atom stereocenters. The van der Waals surface area contributed by atoms with Crippen LogP contribution in [0.5, 0.6) is 0 Å². The van der Waals surface area contributed by atoms with Crippen LogP contribution in [0, 0.1) is 36.5 Å². The monoisotopic (exact) mass is 738 g/mol. The first-order chi connectivity index (χ1) is 27.1. The van der Waals surface area contributed by atoms with E-state index < -0.39 is 0 Å². The molecule has 2 aromatic carbocycles. The predicted molar refractivity (Wildman–Crippen MR) is 220 cm³/mol. The normalized spacial score (nSPS) is 11.9. The summed E-state index contributed by atoms with van der Waals surface area (Å²) in [6.07, 6.45) is 14.3. The van der Waals surface area contributed by atoms with Gasteiger partial charge in [-0.3, -0.25) is 19.3 Å². The van der Waals surface area contributed by atoms with E-state index >= 15 is 0 Å². The average molecular weight is 739 g/mol. The summed E-state index contributed by atoms with van der Waals surface area (Å²) in [5.74, 6) is 2.56. The molecule has 14 heteroatoms. The minimum atomic E-state index is -0.329. The maximum atomic E-state index is 9.01. The van der Waals surface area contributed by atoms with Crippen LogP contribution in [0.15, 0.2) is 110 Å². The van der Waals surface area contributed by atoms with Gasteiger partial charge in [0.2, 0.25) is 0 Å². The Kier molecular flexibility index (Phi) is 10.2. The number of fused-ring (bicyclic) bond motifs is 2. The number of aromatic nitrogens is 8. The van der Waals surface area contributed by atoms with Crippen molar-refractivity contribution in [3.8, 4) is 34.4 Å². The molecule has 0 aliphatic heterocycles. The molecule has 0 bridgehead atoms. The Morgan fingerprint density at radius 1 is 0.589 bits per heavy atom. The highest BCUT2D eigenvalue weighted by Gasteiger charge is 2.12. The highest BCUT2D eigenvalue weighted by molar-refractivity contribution is 5.99. The fourth-order valence-corrected chi connectivity index (χ4v) is 6.17. The summed E-state index contributed by atoms with van der Waals surface area (Å²) in [5.41, 5.74) is 20.3. The number of hydrogen-bond acceptors (Lipinski definition) is 12. The third kappa shape index (κ3) is 7.76. The van der Waals surface area contributed by atoms with Crippen molar-refractivity contribution in [1.82, 2.24) is 39.5 Å². The fraction of sp³-hybridized carbons (Fsp3) is 0.143. The van der Waals surface area contributed by atoms with Gasteiger partial charge in [0.1, 0.15) is 23.7 Å². The molecule has 6 aromatic heterocycles. The van der Waals surface area contributed by atoms with Crippen LogP contribution in [0.4, 0.5) is 34.6 Å². The molecule has 0 fully saturated rings. The van der Waals surface area contributed by atoms with Crippen LogP contribution in [-0.2, 0) is 0 Å². The molecule has 14 nitrogen and oxygen atoms in total. The predicted octanol–water partition coefficient (Wildman–Crippen LogP) is 8.42. The van der Waals surface area contributed by atoms with Gasteiger partial charge in [-0.15, -0.1) is 0 Å². The third-order valence-electron chi connectivity index (χ3n) is 9.33. The van der Waals surface area contributed by atoms with Gasteiger partial charge < -0.3 is 22.1 Å². The van der Waals surface area contributed by atoms with Gasteiger partial charge in [0.25, 0.3) is 0 Å². The number of rotatable bonds is 8. The zero-order valence-electron chi connectivity index (χ0n) is 31.2. The summed E-state index contributed by atoms with van der Waals surface area (Å²) in [5, 5.41) is 36.8. The lowest BCUT2D eigenvalue weighted by atomic mass is 9.99. The van der Waals surface area contributed by atoms with Crippen molar-refractivity contribution >= 4 is 56.2 Å². The molecule has 6 heterocycles. The van der Waals surface area contributed by atoms with Crippen LogP contribution in [0.3, 0.4) is 0 Å². The second-order valence-corrected chi connectivity index (χ2v) is 13.3. The number of anilines is 6. The molecular weight excluding hydrogens is 701 g/mol. The first-order valence-corrected chi connectivity index (χ1v) is 17.7. The van der Waals surface area contributed by atoms with Gasteiger partial charge in [-0.1, -0.05) is 0 Å². The average Bonchev–Trinajstić information content (AvgIpc) is 3.88. The summed E-state index contributed by atoms with van der Waals surface area (Å²) in [6, 6.07) is 23.2. The van der Waals surface area contributed by atoms with Crippen molar-refractivity contribution in [2.24, 2.45) is 0 Å². The van der Waals surface area contributed by atoms with E-state index in [4.69, 9.17) is 22.0 Å². The zero-order valence-corrected chi connectivity index (χ0v) is 31.2. The van der Waals surface area contributed by atoms with Crippen molar-refractivity contribution in [1.29, 1.82) is 10.5 Å². The van der Waals surface area contributed by atoms with E-state index in [0.29, 0.717) is 34.6 Å². The Morgan fingerprint density at radius 2 is 1.02 bits per heavy atom.